The molecule has 0 saturated carbocycles. The summed E-state index contributed by atoms with van der Waals surface area (Å²) in [5.41, 5.74) is 2.67. The third-order valence-corrected chi connectivity index (χ3v) is 3.59. The summed E-state index contributed by atoms with van der Waals surface area (Å²) in [5, 5.41) is 0. The maximum atomic E-state index is 4.36. The lowest BCUT2D eigenvalue weighted by molar-refractivity contribution is 0.467. The van der Waals surface area contributed by atoms with Gasteiger partial charge in [-0.2, -0.15) is 0 Å². The Morgan fingerprint density at radius 3 is 1.82 bits per heavy atom. The van der Waals surface area contributed by atoms with Gasteiger partial charge in [0.25, 0.3) is 0 Å². The molecule has 0 saturated heterocycles. The van der Waals surface area contributed by atoms with Crippen LogP contribution in [0.4, 0.5) is 0 Å². The van der Waals surface area contributed by atoms with Gasteiger partial charge in [0.2, 0.25) is 0 Å². The second-order valence-corrected chi connectivity index (χ2v) is 5.05. The van der Waals surface area contributed by atoms with Crippen LogP contribution in [0.5, 0.6) is 0 Å². The lowest BCUT2D eigenvalue weighted by Crippen LogP contribution is -2.25. The molecule has 1 atom stereocenters. The van der Waals surface area contributed by atoms with E-state index >= 15 is 0 Å². The summed E-state index contributed by atoms with van der Waals surface area (Å²) in [6.45, 7) is 8.87. The van der Waals surface area contributed by atoms with E-state index in [1.54, 1.807) is 0 Å². The van der Waals surface area contributed by atoms with Crippen molar-refractivity contribution >= 4 is 0 Å². The molecule has 2 aromatic carbocycles. The molecule has 0 heteroatoms. The molecular formula is C17H19. The van der Waals surface area contributed by atoms with Gasteiger partial charge in [0.1, 0.15) is 0 Å². The predicted octanol–water partition coefficient (Wildman–Crippen LogP) is 4.58. The highest BCUT2D eigenvalue weighted by atomic mass is 14.3. The van der Waals surface area contributed by atoms with Gasteiger partial charge in [-0.1, -0.05) is 74.5 Å². The Balaban J connectivity index is 2.33. The van der Waals surface area contributed by atoms with Gasteiger partial charge in [0.05, 0.1) is 0 Å². The molecule has 0 aromatic heterocycles. The first-order chi connectivity index (χ1) is 8.12. The molecule has 1 unspecified atom stereocenters. The summed E-state index contributed by atoms with van der Waals surface area (Å²) in [6.07, 6.45) is 0. The van der Waals surface area contributed by atoms with Gasteiger partial charge >= 0.3 is 0 Å². The molecule has 0 bridgehead atoms. The molecule has 0 spiro atoms. The normalized spacial score (nSPS) is 13.4. The Morgan fingerprint density at radius 2 is 1.29 bits per heavy atom. The quantitative estimate of drug-likeness (QED) is 0.714. The van der Waals surface area contributed by atoms with Crippen LogP contribution in [-0.4, -0.2) is 0 Å². The zero-order valence-corrected chi connectivity index (χ0v) is 10.6. The Bertz CT molecular complexity index is 454. The number of hydrogen-bond donors (Lipinski definition) is 0. The van der Waals surface area contributed by atoms with Crippen molar-refractivity contribution in [1.82, 2.24) is 0 Å². The molecule has 0 aliphatic rings. The second-order valence-electron chi connectivity index (χ2n) is 5.05. The third-order valence-electron chi connectivity index (χ3n) is 3.59. The standard InChI is InChI=1S/C17H19/c1-14(15-10-6-4-7-11-15)17(2,3)16-12-8-5-9-13-16/h4-14H,1H2,2-3H3. The SMILES string of the molecule is [CH2]C(c1ccccc1)C(C)(C)c1ccccc1. The summed E-state index contributed by atoms with van der Waals surface area (Å²) in [7, 11) is 0. The molecule has 0 N–H and O–H groups in total. The van der Waals surface area contributed by atoms with E-state index in [-0.39, 0.29) is 11.3 Å². The van der Waals surface area contributed by atoms with Crippen LogP contribution in [0.25, 0.3) is 0 Å². The average Bonchev–Trinajstić information content (AvgIpc) is 2.40. The van der Waals surface area contributed by atoms with Gasteiger partial charge in [0, 0.05) is 0 Å². The number of hydrogen-bond acceptors (Lipinski definition) is 0. The minimum atomic E-state index is 0.0443. The fourth-order valence-corrected chi connectivity index (χ4v) is 2.17. The highest BCUT2D eigenvalue weighted by Crippen LogP contribution is 2.37. The van der Waals surface area contributed by atoms with E-state index in [1.165, 1.54) is 11.1 Å². The Labute approximate surface area is 104 Å². The topological polar surface area (TPSA) is 0 Å². The highest BCUT2D eigenvalue weighted by molar-refractivity contribution is 5.33. The Kier molecular flexibility index (Phi) is 3.33. The molecule has 0 heterocycles. The van der Waals surface area contributed by atoms with Crippen LogP contribution in [0, 0.1) is 6.92 Å². The van der Waals surface area contributed by atoms with Crippen molar-refractivity contribution in [2.24, 2.45) is 0 Å². The van der Waals surface area contributed by atoms with Crippen LogP contribution in [0.15, 0.2) is 60.7 Å². The second kappa shape index (κ2) is 4.75. The van der Waals surface area contributed by atoms with E-state index in [4.69, 9.17) is 0 Å². The summed E-state index contributed by atoms with van der Waals surface area (Å²) in [6, 6.07) is 21.1. The molecule has 0 fully saturated rings. The molecule has 0 aliphatic carbocycles. The molecule has 0 aliphatic heterocycles. The van der Waals surface area contributed by atoms with Crippen LogP contribution in [0.1, 0.15) is 30.9 Å². The van der Waals surface area contributed by atoms with E-state index in [9.17, 15) is 0 Å². The first-order valence-electron chi connectivity index (χ1n) is 6.06. The van der Waals surface area contributed by atoms with E-state index in [1.807, 2.05) is 6.07 Å². The first-order valence-corrected chi connectivity index (χ1v) is 6.06. The maximum absolute atomic E-state index is 4.36. The van der Waals surface area contributed by atoms with Crippen molar-refractivity contribution in [2.75, 3.05) is 0 Å². The molecule has 17 heavy (non-hydrogen) atoms. The van der Waals surface area contributed by atoms with Crippen molar-refractivity contribution in [3.63, 3.8) is 0 Å². The smallest absolute Gasteiger partial charge is 0.00349 e. The van der Waals surface area contributed by atoms with Crippen LogP contribution < -0.4 is 0 Å². The fourth-order valence-electron chi connectivity index (χ4n) is 2.17. The monoisotopic (exact) mass is 223 g/mol. The first kappa shape index (κ1) is 11.9. The average molecular weight is 223 g/mol. The Hall–Kier alpha value is -1.56. The molecule has 2 rings (SSSR count). The molecular weight excluding hydrogens is 204 g/mol. The van der Waals surface area contributed by atoms with Crippen LogP contribution in [0.2, 0.25) is 0 Å². The number of benzene rings is 2. The van der Waals surface area contributed by atoms with Gasteiger partial charge < -0.3 is 0 Å². The van der Waals surface area contributed by atoms with Gasteiger partial charge in [-0.3, -0.25) is 0 Å². The van der Waals surface area contributed by atoms with Gasteiger partial charge in [-0.25, -0.2) is 0 Å². The summed E-state index contributed by atoms with van der Waals surface area (Å²) in [4.78, 5) is 0. The van der Waals surface area contributed by atoms with E-state index in [0.717, 1.165) is 0 Å². The molecule has 87 valence electrons. The molecule has 1 radical (unpaired) electrons. The van der Waals surface area contributed by atoms with E-state index in [0.29, 0.717) is 0 Å². The van der Waals surface area contributed by atoms with Crippen molar-refractivity contribution in [1.29, 1.82) is 0 Å². The van der Waals surface area contributed by atoms with Gasteiger partial charge in [0.15, 0.2) is 0 Å². The highest BCUT2D eigenvalue weighted by Gasteiger charge is 2.28. The van der Waals surface area contributed by atoms with Crippen LogP contribution in [0.3, 0.4) is 0 Å². The largest absolute Gasteiger partial charge is 0.0622 e. The molecule has 0 amide bonds. The minimum absolute atomic E-state index is 0.0443. The summed E-state index contributed by atoms with van der Waals surface area (Å²) >= 11 is 0. The van der Waals surface area contributed by atoms with Gasteiger partial charge in [-0.15, -0.1) is 0 Å². The van der Waals surface area contributed by atoms with Crippen molar-refractivity contribution in [3.05, 3.63) is 78.7 Å². The fraction of sp³-hybridized carbons (Fsp3) is 0.235. The van der Waals surface area contributed by atoms with E-state index in [2.05, 4.69) is 75.4 Å². The zero-order valence-electron chi connectivity index (χ0n) is 10.6. The summed E-state index contributed by atoms with van der Waals surface area (Å²) < 4.78 is 0. The van der Waals surface area contributed by atoms with Crippen molar-refractivity contribution in [3.8, 4) is 0 Å². The predicted molar refractivity (Wildman–Crippen MR) is 74.0 cm³/mol. The van der Waals surface area contributed by atoms with Crippen LogP contribution in [-0.2, 0) is 5.41 Å². The van der Waals surface area contributed by atoms with Crippen molar-refractivity contribution < 1.29 is 0 Å². The van der Waals surface area contributed by atoms with Crippen LogP contribution >= 0.6 is 0 Å². The lowest BCUT2D eigenvalue weighted by atomic mass is 9.71. The molecule has 0 nitrogen and oxygen atoms in total. The third kappa shape index (κ3) is 2.41. The van der Waals surface area contributed by atoms with Gasteiger partial charge in [-0.05, 0) is 29.4 Å². The Morgan fingerprint density at radius 1 is 0.824 bits per heavy atom. The minimum Gasteiger partial charge on any atom is -0.0622 e. The lowest BCUT2D eigenvalue weighted by Gasteiger charge is -2.32. The van der Waals surface area contributed by atoms with Crippen molar-refractivity contribution in [2.45, 2.75) is 25.2 Å². The zero-order chi connectivity index (χ0) is 12.3. The summed E-state index contributed by atoms with van der Waals surface area (Å²) in [5.74, 6) is 0.256. The number of rotatable bonds is 3. The van der Waals surface area contributed by atoms with E-state index < -0.39 is 0 Å². The molecule has 2 aromatic rings. The maximum Gasteiger partial charge on any atom is -0.00349 e.